The molecule has 5 nitrogen and oxygen atoms in total. The van der Waals surface area contributed by atoms with Gasteiger partial charge < -0.3 is 10.1 Å². The second kappa shape index (κ2) is 9.50. The van der Waals surface area contributed by atoms with Crippen LogP contribution < -0.4 is 5.32 Å². The molecule has 1 heterocycles. The molecule has 0 aliphatic heterocycles. The average Bonchev–Trinajstić information content (AvgIpc) is 2.82. The van der Waals surface area contributed by atoms with Crippen molar-refractivity contribution in [2.75, 3.05) is 5.32 Å². The molecule has 0 aliphatic carbocycles. The zero-order valence-corrected chi connectivity index (χ0v) is 16.7. The Morgan fingerprint density at radius 3 is 2.39 bits per heavy atom. The number of hydrogen-bond donors (Lipinski definition) is 1. The van der Waals surface area contributed by atoms with E-state index in [1.54, 1.807) is 30.3 Å². The SMILES string of the molecule is O=C(/C=C/c1ccc2ccccc2n1)OCc1ccc(C(=O)Nc2ccccc2)cc1. The molecule has 5 heteroatoms. The first-order chi connectivity index (χ1) is 15.2. The number of aromatic nitrogens is 1. The summed E-state index contributed by atoms with van der Waals surface area (Å²) >= 11 is 0. The number of fused-ring (bicyclic) bond motifs is 1. The van der Waals surface area contributed by atoms with Crippen LogP contribution in [0.4, 0.5) is 5.69 Å². The molecule has 4 aromatic rings. The fraction of sp³-hybridized carbons (Fsp3) is 0.0385. The van der Waals surface area contributed by atoms with Gasteiger partial charge in [-0.2, -0.15) is 0 Å². The quantitative estimate of drug-likeness (QED) is 0.350. The molecule has 1 N–H and O–H groups in total. The largest absolute Gasteiger partial charge is 0.458 e. The highest BCUT2D eigenvalue weighted by Crippen LogP contribution is 2.13. The van der Waals surface area contributed by atoms with E-state index in [1.807, 2.05) is 66.7 Å². The Balaban J connectivity index is 1.30. The molecule has 0 fully saturated rings. The minimum Gasteiger partial charge on any atom is -0.458 e. The molecular weight excluding hydrogens is 388 g/mol. The van der Waals surface area contributed by atoms with Crippen LogP contribution in [0.25, 0.3) is 17.0 Å². The van der Waals surface area contributed by atoms with E-state index in [4.69, 9.17) is 4.74 Å². The van der Waals surface area contributed by atoms with Crippen molar-refractivity contribution in [1.82, 2.24) is 4.98 Å². The summed E-state index contributed by atoms with van der Waals surface area (Å²) in [4.78, 5) is 28.8. The number of hydrogen-bond acceptors (Lipinski definition) is 4. The van der Waals surface area contributed by atoms with Crippen LogP contribution in [0.2, 0.25) is 0 Å². The van der Waals surface area contributed by atoms with Gasteiger partial charge in [0.15, 0.2) is 0 Å². The maximum atomic E-state index is 12.3. The minimum absolute atomic E-state index is 0.120. The van der Waals surface area contributed by atoms with Gasteiger partial charge in [-0.25, -0.2) is 9.78 Å². The van der Waals surface area contributed by atoms with E-state index >= 15 is 0 Å². The third-order valence-corrected chi connectivity index (χ3v) is 4.64. The van der Waals surface area contributed by atoms with Crippen LogP contribution in [0.5, 0.6) is 0 Å². The Morgan fingerprint density at radius 1 is 0.839 bits per heavy atom. The molecule has 0 radical (unpaired) electrons. The topological polar surface area (TPSA) is 68.3 Å². The molecule has 0 unspecified atom stereocenters. The maximum absolute atomic E-state index is 12.3. The number of nitrogens with zero attached hydrogens (tertiary/aromatic N) is 1. The molecule has 0 saturated heterocycles. The van der Waals surface area contributed by atoms with Gasteiger partial charge in [0, 0.05) is 22.7 Å². The van der Waals surface area contributed by atoms with Crippen LogP contribution in [0.3, 0.4) is 0 Å². The van der Waals surface area contributed by atoms with Crippen molar-refractivity contribution in [3.05, 3.63) is 114 Å². The van der Waals surface area contributed by atoms with E-state index in [9.17, 15) is 9.59 Å². The minimum atomic E-state index is -0.458. The van der Waals surface area contributed by atoms with Crippen molar-refractivity contribution >= 4 is 34.5 Å². The number of carbonyl (C=O) groups excluding carboxylic acids is 2. The molecule has 1 aromatic heterocycles. The second-order valence-electron chi connectivity index (χ2n) is 6.89. The van der Waals surface area contributed by atoms with E-state index in [0.29, 0.717) is 11.3 Å². The molecule has 0 aliphatic rings. The van der Waals surface area contributed by atoms with Crippen molar-refractivity contribution < 1.29 is 14.3 Å². The van der Waals surface area contributed by atoms with Gasteiger partial charge >= 0.3 is 5.97 Å². The van der Waals surface area contributed by atoms with E-state index in [1.165, 1.54) is 6.08 Å². The molecule has 31 heavy (non-hydrogen) atoms. The number of amides is 1. The summed E-state index contributed by atoms with van der Waals surface area (Å²) in [5.74, 6) is -0.651. The van der Waals surface area contributed by atoms with Crippen LogP contribution in [0, 0.1) is 0 Å². The van der Waals surface area contributed by atoms with Crippen LogP contribution in [0.1, 0.15) is 21.6 Å². The molecule has 1 amide bonds. The smallest absolute Gasteiger partial charge is 0.331 e. The van der Waals surface area contributed by atoms with Crippen molar-refractivity contribution in [2.45, 2.75) is 6.61 Å². The number of anilines is 1. The third kappa shape index (κ3) is 5.42. The highest BCUT2D eigenvalue weighted by molar-refractivity contribution is 6.04. The zero-order valence-electron chi connectivity index (χ0n) is 16.7. The number of pyridine rings is 1. The number of para-hydroxylation sites is 2. The van der Waals surface area contributed by atoms with Crippen LogP contribution in [-0.2, 0) is 16.1 Å². The Bertz CT molecular complexity index is 1230. The predicted octanol–water partition coefficient (Wildman–Crippen LogP) is 5.24. The summed E-state index contributed by atoms with van der Waals surface area (Å²) in [6.07, 6.45) is 2.99. The Kier molecular flexibility index (Phi) is 6.14. The Labute approximate surface area is 180 Å². The molecule has 0 atom stereocenters. The summed E-state index contributed by atoms with van der Waals surface area (Å²) in [6.45, 7) is 0.120. The van der Waals surface area contributed by atoms with Crippen LogP contribution in [-0.4, -0.2) is 16.9 Å². The number of ether oxygens (including phenoxy) is 1. The molecule has 4 rings (SSSR count). The monoisotopic (exact) mass is 408 g/mol. The van der Waals surface area contributed by atoms with Gasteiger partial charge in [0.25, 0.3) is 5.91 Å². The lowest BCUT2D eigenvalue weighted by Crippen LogP contribution is -2.11. The van der Waals surface area contributed by atoms with Crippen molar-refractivity contribution in [3.63, 3.8) is 0 Å². The summed E-state index contributed by atoms with van der Waals surface area (Å²) in [5, 5.41) is 3.88. The lowest BCUT2D eigenvalue weighted by molar-refractivity contribution is -0.138. The Morgan fingerprint density at radius 2 is 1.58 bits per heavy atom. The molecule has 152 valence electrons. The van der Waals surface area contributed by atoms with E-state index in [0.717, 1.165) is 22.2 Å². The third-order valence-electron chi connectivity index (χ3n) is 4.64. The predicted molar refractivity (Wildman–Crippen MR) is 121 cm³/mol. The standard InChI is InChI=1S/C26H20N2O3/c29-25(17-16-23-15-14-20-6-4-5-9-24(20)27-23)31-18-19-10-12-21(13-11-19)26(30)28-22-7-2-1-3-8-22/h1-17H,18H2,(H,28,30)/b17-16+. The van der Waals surface area contributed by atoms with Gasteiger partial charge in [-0.15, -0.1) is 0 Å². The first-order valence-electron chi connectivity index (χ1n) is 9.83. The summed E-state index contributed by atoms with van der Waals surface area (Å²) in [5.41, 5.74) is 3.61. The van der Waals surface area contributed by atoms with Gasteiger partial charge in [-0.1, -0.05) is 54.6 Å². The van der Waals surface area contributed by atoms with E-state index in [-0.39, 0.29) is 12.5 Å². The fourth-order valence-corrected chi connectivity index (χ4v) is 3.01. The zero-order chi connectivity index (χ0) is 21.5. The molecule has 3 aromatic carbocycles. The Hall–Kier alpha value is -4.25. The van der Waals surface area contributed by atoms with Gasteiger partial charge in [0.2, 0.25) is 0 Å². The first kappa shape index (κ1) is 20.0. The summed E-state index contributed by atoms with van der Waals surface area (Å²) < 4.78 is 5.28. The van der Waals surface area contributed by atoms with Crippen LogP contribution in [0.15, 0.2) is 97.1 Å². The van der Waals surface area contributed by atoms with Crippen molar-refractivity contribution in [3.8, 4) is 0 Å². The number of carbonyl (C=O) groups is 2. The lowest BCUT2D eigenvalue weighted by atomic mass is 10.1. The molecule has 0 spiro atoms. The van der Waals surface area contributed by atoms with Crippen molar-refractivity contribution in [1.29, 1.82) is 0 Å². The highest BCUT2D eigenvalue weighted by Gasteiger charge is 2.06. The average molecular weight is 408 g/mol. The van der Waals surface area contributed by atoms with Crippen molar-refractivity contribution in [2.24, 2.45) is 0 Å². The van der Waals surface area contributed by atoms with Crippen LogP contribution >= 0.6 is 0 Å². The summed E-state index contributed by atoms with van der Waals surface area (Å²) in [6, 6.07) is 27.8. The first-order valence-corrected chi connectivity index (χ1v) is 9.83. The highest BCUT2D eigenvalue weighted by atomic mass is 16.5. The maximum Gasteiger partial charge on any atom is 0.331 e. The van der Waals surface area contributed by atoms with Gasteiger partial charge in [-0.05, 0) is 48.0 Å². The normalized spacial score (nSPS) is 10.8. The fourth-order valence-electron chi connectivity index (χ4n) is 3.01. The van der Waals surface area contributed by atoms with Gasteiger partial charge in [0.05, 0.1) is 11.2 Å². The molecular formula is C26H20N2O3. The van der Waals surface area contributed by atoms with E-state index < -0.39 is 5.97 Å². The lowest BCUT2D eigenvalue weighted by Gasteiger charge is -2.06. The molecule has 0 saturated carbocycles. The van der Waals surface area contributed by atoms with E-state index in [2.05, 4.69) is 10.3 Å². The summed E-state index contributed by atoms with van der Waals surface area (Å²) in [7, 11) is 0. The molecule has 0 bridgehead atoms. The van der Waals surface area contributed by atoms with Gasteiger partial charge in [0.1, 0.15) is 6.61 Å². The second-order valence-corrected chi connectivity index (χ2v) is 6.89. The number of esters is 1. The number of nitrogens with one attached hydrogen (secondary N) is 1. The van der Waals surface area contributed by atoms with Gasteiger partial charge in [-0.3, -0.25) is 4.79 Å². The number of benzene rings is 3. The number of rotatable bonds is 6.